The summed E-state index contributed by atoms with van der Waals surface area (Å²) in [5.74, 6) is 3.18. The summed E-state index contributed by atoms with van der Waals surface area (Å²) in [6.07, 6.45) is 3.81. The molecule has 0 unspecified atom stereocenters. The zero-order chi connectivity index (χ0) is 18.2. The molecular weight excluding hydrogens is 364 g/mol. The van der Waals surface area contributed by atoms with Crippen molar-refractivity contribution < 1.29 is 9.53 Å². The number of carbonyl (C=O) groups is 1. The SMILES string of the molecule is CN(CCc1ccccn1)C(=O)COc1ccc(C2SCCCS2)cc1. The molecular formula is C20H24N2O2S2. The van der Waals surface area contributed by atoms with E-state index in [1.165, 1.54) is 23.5 Å². The van der Waals surface area contributed by atoms with Crippen LogP contribution in [0.4, 0.5) is 0 Å². The molecule has 1 amide bonds. The lowest BCUT2D eigenvalue weighted by molar-refractivity contribution is -0.132. The predicted molar refractivity (Wildman–Crippen MR) is 110 cm³/mol. The fourth-order valence-corrected chi connectivity index (χ4v) is 5.50. The maximum absolute atomic E-state index is 12.2. The number of amides is 1. The summed E-state index contributed by atoms with van der Waals surface area (Å²) < 4.78 is 6.19. The molecule has 26 heavy (non-hydrogen) atoms. The number of hydrogen-bond acceptors (Lipinski definition) is 5. The van der Waals surface area contributed by atoms with Gasteiger partial charge in [0.1, 0.15) is 5.75 Å². The quantitative estimate of drug-likeness (QED) is 0.716. The molecule has 4 nitrogen and oxygen atoms in total. The van der Waals surface area contributed by atoms with Crippen LogP contribution in [0.1, 0.15) is 22.3 Å². The van der Waals surface area contributed by atoms with Crippen molar-refractivity contribution in [1.82, 2.24) is 9.88 Å². The van der Waals surface area contributed by atoms with E-state index in [-0.39, 0.29) is 12.5 Å². The molecule has 1 fully saturated rings. The zero-order valence-electron chi connectivity index (χ0n) is 15.0. The van der Waals surface area contributed by atoms with Crippen LogP contribution < -0.4 is 4.74 Å². The van der Waals surface area contributed by atoms with Gasteiger partial charge in [0.15, 0.2) is 6.61 Å². The number of ether oxygens (including phenoxy) is 1. The predicted octanol–water partition coefficient (Wildman–Crippen LogP) is 4.03. The van der Waals surface area contributed by atoms with E-state index in [9.17, 15) is 4.79 Å². The van der Waals surface area contributed by atoms with Crippen LogP contribution in [0.25, 0.3) is 0 Å². The highest BCUT2D eigenvalue weighted by Crippen LogP contribution is 2.43. The average Bonchev–Trinajstić information content (AvgIpc) is 2.72. The minimum atomic E-state index is -0.0246. The Morgan fingerprint density at radius 3 is 2.65 bits per heavy atom. The van der Waals surface area contributed by atoms with Crippen LogP contribution in [0, 0.1) is 0 Å². The number of hydrogen-bond donors (Lipinski definition) is 0. The molecule has 2 aromatic rings. The van der Waals surface area contributed by atoms with E-state index in [4.69, 9.17) is 4.74 Å². The zero-order valence-corrected chi connectivity index (χ0v) is 16.6. The third kappa shape index (κ3) is 5.68. The molecule has 1 saturated heterocycles. The summed E-state index contributed by atoms with van der Waals surface area (Å²) in [6, 6.07) is 14.0. The maximum atomic E-state index is 12.2. The van der Waals surface area contributed by atoms with E-state index in [1.807, 2.05) is 53.9 Å². The van der Waals surface area contributed by atoms with Gasteiger partial charge in [-0.25, -0.2) is 0 Å². The van der Waals surface area contributed by atoms with Crippen LogP contribution in [-0.2, 0) is 11.2 Å². The number of benzene rings is 1. The van der Waals surface area contributed by atoms with Gasteiger partial charge in [-0.3, -0.25) is 9.78 Å². The Morgan fingerprint density at radius 1 is 1.19 bits per heavy atom. The van der Waals surface area contributed by atoms with Crippen LogP contribution in [-0.4, -0.2) is 47.5 Å². The largest absolute Gasteiger partial charge is 0.484 e. The van der Waals surface area contributed by atoms with Crippen molar-refractivity contribution in [3.8, 4) is 5.75 Å². The van der Waals surface area contributed by atoms with Crippen molar-refractivity contribution in [2.45, 2.75) is 17.4 Å². The fraction of sp³-hybridized carbons (Fsp3) is 0.400. The number of likely N-dealkylation sites (N-methyl/N-ethyl adjacent to an activating group) is 1. The second-order valence-corrected chi connectivity index (χ2v) is 8.90. The van der Waals surface area contributed by atoms with Crippen LogP contribution >= 0.6 is 23.5 Å². The highest BCUT2D eigenvalue weighted by Gasteiger charge is 2.16. The molecule has 138 valence electrons. The smallest absolute Gasteiger partial charge is 0.260 e. The summed E-state index contributed by atoms with van der Waals surface area (Å²) in [7, 11) is 1.80. The molecule has 3 rings (SSSR count). The van der Waals surface area contributed by atoms with E-state index in [0.29, 0.717) is 11.1 Å². The Kier molecular flexibility index (Phi) is 7.26. The highest BCUT2D eigenvalue weighted by molar-refractivity contribution is 8.16. The lowest BCUT2D eigenvalue weighted by Crippen LogP contribution is -2.33. The molecule has 0 N–H and O–H groups in total. The molecule has 1 aromatic carbocycles. The Morgan fingerprint density at radius 2 is 1.96 bits per heavy atom. The van der Waals surface area contributed by atoms with Gasteiger partial charge in [-0.15, -0.1) is 23.5 Å². The normalized spacial score (nSPS) is 14.8. The molecule has 6 heteroatoms. The standard InChI is InChI=1S/C20H24N2O2S2/c1-22(12-10-17-5-2-3-11-21-17)19(23)15-24-18-8-6-16(7-9-18)20-25-13-4-14-26-20/h2-3,5-9,11,20H,4,10,12-15H2,1H3. The van der Waals surface area contributed by atoms with E-state index in [1.54, 1.807) is 18.1 Å². The molecule has 0 atom stereocenters. The lowest BCUT2D eigenvalue weighted by Gasteiger charge is -2.21. The van der Waals surface area contributed by atoms with Crippen molar-refractivity contribution in [3.05, 3.63) is 59.9 Å². The van der Waals surface area contributed by atoms with Gasteiger partial charge in [-0.2, -0.15) is 0 Å². The Balaban J connectivity index is 1.43. The van der Waals surface area contributed by atoms with Gasteiger partial charge in [0.25, 0.3) is 5.91 Å². The summed E-state index contributed by atoms with van der Waals surface area (Å²) in [4.78, 5) is 18.2. The van der Waals surface area contributed by atoms with Gasteiger partial charge >= 0.3 is 0 Å². The van der Waals surface area contributed by atoms with Gasteiger partial charge in [0.05, 0.1) is 4.58 Å². The third-order valence-corrected chi connectivity index (χ3v) is 7.21. The number of nitrogens with zero attached hydrogens (tertiary/aromatic N) is 2. The molecule has 0 spiro atoms. The number of thioether (sulfide) groups is 2. The molecule has 1 aliphatic rings. The molecule has 0 bridgehead atoms. The molecule has 0 radical (unpaired) electrons. The second-order valence-electron chi connectivity index (χ2n) is 6.17. The summed E-state index contributed by atoms with van der Waals surface area (Å²) in [5.41, 5.74) is 2.31. The number of rotatable bonds is 7. The Bertz CT molecular complexity index is 689. The van der Waals surface area contributed by atoms with Crippen molar-refractivity contribution >= 4 is 29.4 Å². The monoisotopic (exact) mass is 388 g/mol. The molecule has 0 saturated carbocycles. The third-order valence-electron chi connectivity index (χ3n) is 4.20. The van der Waals surface area contributed by atoms with Crippen LogP contribution in [0.3, 0.4) is 0 Å². The Labute approximate surface area is 163 Å². The number of carbonyl (C=O) groups excluding carboxylic acids is 1. The topological polar surface area (TPSA) is 42.4 Å². The summed E-state index contributed by atoms with van der Waals surface area (Å²) >= 11 is 4.01. The van der Waals surface area contributed by atoms with Crippen molar-refractivity contribution in [2.75, 3.05) is 31.7 Å². The number of pyridine rings is 1. The first-order chi connectivity index (χ1) is 12.7. The molecule has 0 aliphatic carbocycles. The first-order valence-corrected chi connectivity index (χ1v) is 10.9. The fourth-order valence-electron chi connectivity index (χ4n) is 2.61. The van der Waals surface area contributed by atoms with E-state index >= 15 is 0 Å². The van der Waals surface area contributed by atoms with E-state index in [2.05, 4.69) is 17.1 Å². The van der Waals surface area contributed by atoms with Crippen molar-refractivity contribution in [1.29, 1.82) is 0 Å². The van der Waals surface area contributed by atoms with Crippen molar-refractivity contribution in [2.24, 2.45) is 0 Å². The number of aromatic nitrogens is 1. The second kappa shape index (κ2) is 9.88. The maximum Gasteiger partial charge on any atom is 0.260 e. The van der Waals surface area contributed by atoms with Gasteiger partial charge in [0, 0.05) is 31.9 Å². The minimum Gasteiger partial charge on any atom is -0.484 e. The van der Waals surface area contributed by atoms with E-state index < -0.39 is 0 Å². The average molecular weight is 389 g/mol. The Hall–Kier alpha value is -1.66. The van der Waals surface area contributed by atoms with Gasteiger partial charge in [-0.1, -0.05) is 18.2 Å². The molecule has 2 heterocycles. The van der Waals surface area contributed by atoms with Crippen LogP contribution in [0.15, 0.2) is 48.7 Å². The first kappa shape index (κ1) is 19.1. The highest BCUT2D eigenvalue weighted by atomic mass is 32.2. The summed E-state index contributed by atoms with van der Waals surface area (Å²) in [5, 5.41) is 0. The van der Waals surface area contributed by atoms with E-state index in [0.717, 1.165) is 17.9 Å². The molecule has 1 aliphatic heterocycles. The summed E-state index contributed by atoms with van der Waals surface area (Å²) in [6.45, 7) is 0.694. The van der Waals surface area contributed by atoms with Gasteiger partial charge in [-0.05, 0) is 47.8 Å². The van der Waals surface area contributed by atoms with Crippen LogP contribution in [0.5, 0.6) is 5.75 Å². The van der Waals surface area contributed by atoms with Gasteiger partial charge in [0.2, 0.25) is 0 Å². The minimum absolute atomic E-state index is 0.0246. The van der Waals surface area contributed by atoms with Gasteiger partial charge < -0.3 is 9.64 Å². The van der Waals surface area contributed by atoms with Crippen LogP contribution in [0.2, 0.25) is 0 Å². The molecule has 1 aromatic heterocycles. The van der Waals surface area contributed by atoms with Crippen molar-refractivity contribution in [3.63, 3.8) is 0 Å². The first-order valence-electron chi connectivity index (χ1n) is 8.82. The lowest BCUT2D eigenvalue weighted by atomic mass is 10.2.